The maximum Gasteiger partial charge on any atom is 0.159 e. The first-order chi connectivity index (χ1) is 10.4. The third-order valence-corrected chi connectivity index (χ3v) is 6.71. The average Bonchev–Trinajstić information content (AvgIpc) is 2.96. The summed E-state index contributed by atoms with van der Waals surface area (Å²) in [5.74, 6) is -0.991. The summed E-state index contributed by atoms with van der Waals surface area (Å²) in [7, 11) is 0. The molecule has 1 aliphatic heterocycles. The van der Waals surface area contributed by atoms with Crippen LogP contribution in [0.4, 0.5) is 8.78 Å². The first-order valence-electron chi connectivity index (χ1n) is 8.11. The minimum Gasteiger partial charge on any atom is -0.392 e. The number of aliphatic hydroxyl groups excluding tert-OH is 1. The molecule has 2 bridgehead atoms. The molecule has 3 aliphatic rings. The lowest BCUT2D eigenvalue weighted by Gasteiger charge is -2.51. The fourth-order valence-electron chi connectivity index (χ4n) is 5.44. The molecule has 3 fully saturated rings. The molecule has 2 nitrogen and oxygen atoms in total. The van der Waals surface area contributed by atoms with Crippen LogP contribution >= 0.6 is 0 Å². The summed E-state index contributed by atoms with van der Waals surface area (Å²) in [6, 6.07) is 4.04. The Balaban J connectivity index is 1.71. The molecule has 0 aromatic heterocycles. The van der Waals surface area contributed by atoms with E-state index in [-0.39, 0.29) is 29.0 Å². The Morgan fingerprint density at radius 3 is 2.68 bits per heavy atom. The van der Waals surface area contributed by atoms with Crippen LogP contribution in [0.2, 0.25) is 0 Å². The van der Waals surface area contributed by atoms with Crippen molar-refractivity contribution in [2.24, 2.45) is 22.7 Å². The quantitative estimate of drug-likeness (QED) is 0.854. The van der Waals surface area contributed by atoms with Crippen molar-refractivity contribution >= 4 is 0 Å². The van der Waals surface area contributed by atoms with E-state index in [1.807, 2.05) is 0 Å². The van der Waals surface area contributed by atoms with Crippen LogP contribution in [-0.2, 0) is 4.74 Å². The Morgan fingerprint density at radius 2 is 2.00 bits per heavy atom. The normalized spacial score (nSPS) is 42.4. The second-order valence-electron chi connectivity index (χ2n) is 7.92. The van der Waals surface area contributed by atoms with Gasteiger partial charge in [-0.15, -0.1) is 0 Å². The first-order valence-corrected chi connectivity index (χ1v) is 8.11. The molecule has 1 heterocycles. The van der Waals surface area contributed by atoms with Crippen LogP contribution in [0.25, 0.3) is 0 Å². The maximum absolute atomic E-state index is 13.6. The molecule has 22 heavy (non-hydrogen) atoms. The van der Waals surface area contributed by atoms with Gasteiger partial charge in [0.15, 0.2) is 11.6 Å². The zero-order valence-corrected chi connectivity index (χ0v) is 13.0. The molecular weight excluding hydrogens is 286 g/mol. The molecule has 5 atom stereocenters. The fourth-order valence-corrected chi connectivity index (χ4v) is 5.44. The Hall–Kier alpha value is -1.00. The van der Waals surface area contributed by atoms with E-state index in [1.54, 1.807) is 6.07 Å². The molecule has 0 radical (unpaired) electrons. The summed E-state index contributed by atoms with van der Waals surface area (Å²) in [6.07, 6.45) is 2.29. The van der Waals surface area contributed by atoms with Gasteiger partial charge >= 0.3 is 0 Å². The number of ether oxygens (including phenoxy) is 1. The van der Waals surface area contributed by atoms with Gasteiger partial charge in [-0.2, -0.15) is 0 Å². The van der Waals surface area contributed by atoms with E-state index in [4.69, 9.17) is 4.74 Å². The summed E-state index contributed by atoms with van der Waals surface area (Å²) >= 11 is 0. The molecule has 0 amide bonds. The topological polar surface area (TPSA) is 29.5 Å². The van der Waals surface area contributed by atoms with Gasteiger partial charge in [0.05, 0.1) is 12.2 Å². The van der Waals surface area contributed by atoms with Crippen molar-refractivity contribution < 1.29 is 18.6 Å². The van der Waals surface area contributed by atoms with Gasteiger partial charge < -0.3 is 9.84 Å². The lowest BCUT2D eigenvalue weighted by atomic mass is 9.60. The zero-order chi connectivity index (χ0) is 15.7. The van der Waals surface area contributed by atoms with Crippen molar-refractivity contribution in [3.05, 3.63) is 35.4 Å². The van der Waals surface area contributed by atoms with E-state index in [0.717, 1.165) is 19.3 Å². The van der Waals surface area contributed by atoms with E-state index < -0.39 is 11.6 Å². The maximum atomic E-state index is 13.6. The molecule has 120 valence electrons. The number of halogens is 2. The smallest absolute Gasteiger partial charge is 0.159 e. The van der Waals surface area contributed by atoms with Crippen LogP contribution in [0.1, 0.15) is 44.8 Å². The molecule has 0 unspecified atom stereocenters. The van der Waals surface area contributed by atoms with Gasteiger partial charge in [-0.25, -0.2) is 8.78 Å². The van der Waals surface area contributed by atoms with E-state index in [0.29, 0.717) is 18.1 Å². The molecule has 4 heteroatoms. The number of benzene rings is 1. The SMILES string of the molecule is CC1(C)[C@@H]2C[C@@H]3[C@@H](c4ccc(F)c(F)c4)OCC[C@@]3(C2)[C@@H]1O. The van der Waals surface area contributed by atoms with Gasteiger partial charge in [-0.1, -0.05) is 19.9 Å². The summed E-state index contributed by atoms with van der Waals surface area (Å²) in [5, 5.41) is 10.9. The molecule has 1 aromatic rings. The molecule has 2 aliphatic carbocycles. The van der Waals surface area contributed by atoms with Crippen molar-refractivity contribution in [3.8, 4) is 0 Å². The second kappa shape index (κ2) is 4.51. The molecule has 4 rings (SSSR count). The summed E-state index contributed by atoms with van der Waals surface area (Å²) in [5.41, 5.74) is 0.509. The van der Waals surface area contributed by atoms with Crippen molar-refractivity contribution in [3.63, 3.8) is 0 Å². The first kappa shape index (κ1) is 14.6. The number of aliphatic hydroxyl groups is 1. The Kier molecular flexibility index (Phi) is 2.99. The highest BCUT2D eigenvalue weighted by Gasteiger charge is 2.68. The lowest BCUT2D eigenvalue weighted by molar-refractivity contribution is -0.164. The highest BCUT2D eigenvalue weighted by atomic mass is 19.2. The minimum absolute atomic E-state index is 0.0631. The summed E-state index contributed by atoms with van der Waals surface area (Å²) in [6.45, 7) is 4.87. The average molecular weight is 308 g/mol. The number of hydrogen-bond acceptors (Lipinski definition) is 2. The van der Waals surface area contributed by atoms with E-state index >= 15 is 0 Å². The van der Waals surface area contributed by atoms with Crippen LogP contribution in [-0.4, -0.2) is 17.8 Å². The number of rotatable bonds is 1. The standard InChI is InChI=1S/C18H22F2O2/c1-17(2)11-8-12-15(10-3-4-13(19)14(20)7-10)22-6-5-18(12,9-11)16(17)21/h3-4,7,11-12,15-16,21H,5-6,8-9H2,1-2H3/t11-,12-,15-,16-,18+/m1/s1. The molecule has 1 saturated heterocycles. The summed E-state index contributed by atoms with van der Waals surface area (Å²) in [4.78, 5) is 0. The third kappa shape index (κ3) is 1.71. The van der Waals surface area contributed by atoms with Crippen LogP contribution in [0, 0.1) is 34.3 Å². The van der Waals surface area contributed by atoms with Crippen molar-refractivity contribution in [1.82, 2.24) is 0 Å². The van der Waals surface area contributed by atoms with Crippen molar-refractivity contribution in [1.29, 1.82) is 0 Å². The van der Waals surface area contributed by atoms with E-state index in [9.17, 15) is 13.9 Å². The fraction of sp³-hybridized carbons (Fsp3) is 0.667. The predicted octanol–water partition coefficient (Wildman–Crippen LogP) is 3.84. The molecule has 1 N–H and O–H groups in total. The van der Waals surface area contributed by atoms with E-state index in [2.05, 4.69) is 13.8 Å². The zero-order valence-electron chi connectivity index (χ0n) is 13.0. The van der Waals surface area contributed by atoms with Gasteiger partial charge in [0.25, 0.3) is 0 Å². The van der Waals surface area contributed by atoms with Gasteiger partial charge in [-0.05, 0) is 54.2 Å². The highest BCUT2D eigenvalue weighted by Crippen LogP contribution is 2.70. The molecule has 1 aromatic carbocycles. The Morgan fingerprint density at radius 1 is 1.23 bits per heavy atom. The number of hydrogen-bond donors (Lipinski definition) is 1. The third-order valence-electron chi connectivity index (χ3n) is 6.71. The van der Waals surface area contributed by atoms with Crippen LogP contribution < -0.4 is 0 Å². The van der Waals surface area contributed by atoms with Crippen LogP contribution in [0.5, 0.6) is 0 Å². The monoisotopic (exact) mass is 308 g/mol. The summed E-state index contributed by atoms with van der Waals surface area (Å²) < 4.78 is 32.7. The van der Waals surface area contributed by atoms with Gasteiger partial charge in [-0.3, -0.25) is 0 Å². The van der Waals surface area contributed by atoms with Crippen molar-refractivity contribution in [2.75, 3.05) is 6.61 Å². The Bertz CT molecular complexity index is 615. The van der Waals surface area contributed by atoms with Gasteiger partial charge in [0.2, 0.25) is 0 Å². The number of fused-ring (bicyclic) bond motifs is 1. The largest absolute Gasteiger partial charge is 0.392 e. The van der Waals surface area contributed by atoms with Gasteiger partial charge in [0.1, 0.15) is 0 Å². The Labute approximate surface area is 129 Å². The molecule has 1 spiro atoms. The minimum atomic E-state index is -0.830. The molecular formula is C18H22F2O2. The van der Waals surface area contributed by atoms with Crippen LogP contribution in [0.3, 0.4) is 0 Å². The van der Waals surface area contributed by atoms with Crippen molar-refractivity contribution in [2.45, 2.75) is 45.3 Å². The highest BCUT2D eigenvalue weighted by molar-refractivity contribution is 5.26. The molecule has 2 saturated carbocycles. The second-order valence-corrected chi connectivity index (χ2v) is 7.92. The lowest BCUT2D eigenvalue weighted by Crippen LogP contribution is -2.51. The van der Waals surface area contributed by atoms with Crippen LogP contribution in [0.15, 0.2) is 18.2 Å². The van der Waals surface area contributed by atoms with Gasteiger partial charge in [0, 0.05) is 12.0 Å². The predicted molar refractivity (Wildman–Crippen MR) is 78.1 cm³/mol. The van der Waals surface area contributed by atoms with E-state index in [1.165, 1.54) is 12.1 Å².